The summed E-state index contributed by atoms with van der Waals surface area (Å²) < 4.78 is 5.22. The molecule has 1 aromatic heterocycles. The molecule has 1 aliphatic carbocycles. The van der Waals surface area contributed by atoms with Crippen molar-refractivity contribution in [3.8, 4) is 11.5 Å². The van der Waals surface area contributed by atoms with Gasteiger partial charge in [0.05, 0.1) is 7.11 Å². The first-order valence-electron chi connectivity index (χ1n) is 9.47. The zero-order valence-corrected chi connectivity index (χ0v) is 16.4. The Hall–Kier alpha value is -2.17. The summed E-state index contributed by atoms with van der Waals surface area (Å²) in [5.74, 6) is 0.697. The fraction of sp³-hybridized carbons (Fsp3) is 0.364. The number of phenols is 1. The fourth-order valence-corrected chi connectivity index (χ4v) is 4.38. The minimum atomic E-state index is 0.176. The van der Waals surface area contributed by atoms with E-state index in [-0.39, 0.29) is 5.75 Å². The fourth-order valence-electron chi connectivity index (χ4n) is 4.21. The first kappa shape index (κ1) is 18.2. The van der Waals surface area contributed by atoms with Crippen LogP contribution in [0.25, 0.3) is 10.9 Å². The molecule has 2 atom stereocenters. The Kier molecular flexibility index (Phi) is 5.02. The maximum atomic E-state index is 9.77. The number of halogens is 1. The molecule has 0 spiro atoms. The lowest BCUT2D eigenvalue weighted by atomic mass is 9.91. The van der Waals surface area contributed by atoms with Gasteiger partial charge < -0.3 is 20.1 Å². The van der Waals surface area contributed by atoms with Gasteiger partial charge in [-0.2, -0.15) is 0 Å². The molecule has 142 valence electrons. The van der Waals surface area contributed by atoms with Crippen molar-refractivity contribution in [3.05, 3.63) is 58.2 Å². The Balaban J connectivity index is 1.53. The van der Waals surface area contributed by atoms with Crippen molar-refractivity contribution in [3.63, 3.8) is 0 Å². The topological polar surface area (TPSA) is 57.3 Å². The van der Waals surface area contributed by atoms with E-state index in [0.717, 1.165) is 35.4 Å². The van der Waals surface area contributed by atoms with Crippen LogP contribution in [0.1, 0.15) is 42.6 Å². The molecule has 0 amide bonds. The monoisotopic (exact) mass is 384 g/mol. The second-order valence-electron chi connectivity index (χ2n) is 7.43. The molecule has 1 aliphatic rings. The molecule has 0 fully saturated rings. The predicted molar refractivity (Wildman–Crippen MR) is 110 cm³/mol. The summed E-state index contributed by atoms with van der Waals surface area (Å²) in [6.07, 6.45) is 4.26. The Morgan fingerprint density at radius 3 is 2.96 bits per heavy atom. The number of methoxy groups -OCH3 is 1. The maximum Gasteiger partial charge on any atom is 0.160 e. The Morgan fingerprint density at radius 2 is 2.15 bits per heavy atom. The second kappa shape index (κ2) is 7.45. The first-order valence-corrected chi connectivity index (χ1v) is 9.85. The molecule has 4 rings (SSSR count). The number of benzene rings is 2. The van der Waals surface area contributed by atoms with Crippen molar-refractivity contribution in [1.29, 1.82) is 0 Å². The van der Waals surface area contributed by atoms with E-state index >= 15 is 0 Å². The predicted octanol–water partition coefficient (Wildman–Crippen LogP) is 5.13. The number of hydrogen-bond donors (Lipinski definition) is 3. The molecule has 3 aromatic rings. The molecular weight excluding hydrogens is 360 g/mol. The van der Waals surface area contributed by atoms with Crippen molar-refractivity contribution in [2.24, 2.45) is 0 Å². The minimum absolute atomic E-state index is 0.176. The molecule has 5 heteroatoms. The van der Waals surface area contributed by atoms with E-state index in [1.165, 1.54) is 23.1 Å². The molecule has 27 heavy (non-hydrogen) atoms. The van der Waals surface area contributed by atoms with Gasteiger partial charge >= 0.3 is 0 Å². The van der Waals surface area contributed by atoms with Crippen LogP contribution in [0.3, 0.4) is 0 Å². The number of phenolic OH excluding ortho intramolecular Hbond substituents is 1. The van der Waals surface area contributed by atoms with Crippen molar-refractivity contribution >= 4 is 22.5 Å². The van der Waals surface area contributed by atoms with Crippen molar-refractivity contribution in [1.82, 2.24) is 10.3 Å². The summed E-state index contributed by atoms with van der Waals surface area (Å²) in [7, 11) is 1.58. The van der Waals surface area contributed by atoms with E-state index in [9.17, 15) is 5.11 Å². The zero-order valence-electron chi connectivity index (χ0n) is 15.7. The highest BCUT2D eigenvalue weighted by Gasteiger charge is 2.25. The standard InChI is InChI=1S/C22H25ClN2O2/c1-13(10-14-6-9-20(26)21(11-14)27-2)24-19-5-3-4-16-17-12-15(23)7-8-18(17)25-22(16)19/h6-9,11-13,19,24-26H,3-5,10H2,1-2H3. The van der Waals surface area contributed by atoms with E-state index < -0.39 is 0 Å². The summed E-state index contributed by atoms with van der Waals surface area (Å²) >= 11 is 6.21. The molecule has 0 radical (unpaired) electrons. The Bertz CT molecular complexity index is 966. The summed E-state index contributed by atoms with van der Waals surface area (Å²) in [4.78, 5) is 3.61. The number of aryl methyl sites for hydroxylation is 1. The summed E-state index contributed by atoms with van der Waals surface area (Å²) in [6.45, 7) is 2.20. The number of aromatic nitrogens is 1. The Morgan fingerprint density at radius 1 is 1.30 bits per heavy atom. The number of ether oxygens (including phenoxy) is 1. The third-order valence-electron chi connectivity index (χ3n) is 5.44. The number of aromatic amines is 1. The zero-order chi connectivity index (χ0) is 19.0. The van der Waals surface area contributed by atoms with Gasteiger partial charge in [-0.3, -0.25) is 0 Å². The molecule has 0 aliphatic heterocycles. The molecule has 2 unspecified atom stereocenters. The van der Waals surface area contributed by atoms with Gasteiger partial charge in [0.25, 0.3) is 0 Å². The molecule has 0 saturated carbocycles. The van der Waals surface area contributed by atoms with Gasteiger partial charge in [-0.05, 0) is 74.1 Å². The average molecular weight is 385 g/mol. The molecular formula is C22H25ClN2O2. The largest absolute Gasteiger partial charge is 0.504 e. The summed E-state index contributed by atoms with van der Waals surface area (Å²) in [5.41, 5.74) is 5.00. The number of fused-ring (bicyclic) bond motifs is 3. The van der Waals surface area contributed by atoms with Gasteiger partial charge in [-0.15, -0.1) is 0 Å². The van der Waals surface area contributed by atoms with Crippen LogP contribution in [0.2, 0.25) is 5.02 Å². The van der Waals surface area contributed by atoms with Gasteiger partial charge in [-0.1, -0.05) is 17.7 Å². The highest BCUT2D eigenvalue weighted by atomic mass is 35.5. The van der Waals surface area contributed by atoms with Crippen LogP contribution in [0, 0.1) is 0 Å². The highest BCUT2D eigenvalue weighted by Crippen LogP contribution is 2.36. The maximum absolute atomic E-state index is 9.77. The minimum Gasteiger partial charge on any atom is -0.504 e. The SMILES string of the molecule is COc1cc(CC(C)NC2CCCc3c2[nH]c2ccc(Cl)cc32)ccc1O. The summed E-state index contributed by atoms with van der Waals surface area (Å²) in [6, 6.07) is 12.2. The van der Waals surface area contributed by atoms with Crippen molar-refractivity contribution in [2.75, 3.05) is 7.11 Å². The van der Waals surface area contributed by atoms with E-state index in [1.54, 1.807) is 13.2 Å². The normalized spacial score (nSPS) is 17.7. The quantitative estimate of drug-likeness (QED) is 0.571. The number of nitrogens with one attached hydrogen (secondary N) is 2. The molecule has 4 nitrogen and oxygen atoms in total. The van der Waals surface area contributed by atoms with Gasteiger partial charge in [0.2, 0.25) is 0 Å². The van der Waals surface area contributed by atoms with Crippen LogP contribution < -0.4 is 10.1 Å². The van der Waals surface area contributed by atoms with Crippen LogP contribution >= 0.6 is 11.6 Å². The van der Waals surface area contributed by atoms with Crippen LogP contribution in [0.5, 0.6) is 11.5 Å². The number of rotatable bonds is 5. The summed E-state index contributed by atoms with van der Waals surface area (Å²) in [5, 5.41) is 15.6. The lowest BCUT2D eigenvalue weighted by Gasteiger charge is -2.27. The van der Waals surface area contributed by atoms with Crippen molar-refractivity contribution < 1.29 is 9.84 Å². The van der Waals surface area contributed by atoms with E-state index in [0.29, 0.717) is 17.8 Å². The molecule has 2 aromatic carbocycles. The van der Waals surface area contributed by atoms with Gasteiger partial charge in [0, 0.05) is 33.7 Å². The smallest absolute Gasteiger partial charge is 0.160 e. The van der Waals surface area contributed by atoms with Crippen LogP contribution in [0.4, 0.5) is 0 Å². The van der Waals surface area contributed by atoms with Crippen LogP contribution in [-0.2, 0) is 12.8 Å². The second-order valence-corrected chi connectivity index (χ2v) is 7.87. The lowest BCUT2D eigenvalue weighted by molar-refractivity contribution is 0.371. The third kappa shape index (κ3) is 3.64. The van der Waals surface area contributed by atoms with Crippen LogP contribution in [0.15, 0.2) is 36.4 Å². The molecule has 1 heterocycles. The number of H-pyrrole nitrogens is 1. The van der Waals surface area contributed by atoms with Crippen molar-refractivity contribution in [2.45, 2.75) is 44.7 Å². The Labute approximate surface area is 164 Å². The molecule has 0 bridgehead atoms. The van der Waals surface area contributed by atoms with Gasteiger partial charge in [-0.25, -0.2) is 0 Å². The van der Waals surface area contributed by atoms with Gasteiger partial charge in [0.1, 0.15) is 0 Å². The van der Waals surface area contributed by atoms with E-state index in [2.05, 4.69) is 29.4 Å². The number of hydrogen-bond acceptors (Lipinski definition) is 3. The van der Waals surface area contributed by atoms with Gasteiger partial charge in [0.15, 0.2) is 11.5 Å². The average Bonchev–Trinajstić information content (AvgIpc) is 3.02. The third-order valence-corrected chi connectivity index (χ3v) is 5.68. The lowest BCUT2D eigenvalue weighted by Crippen LogP contribution is -2.34. The van der Waals surface area contributed by atoms with Crippen LogP contribution in [-0.4, -0.2) is 23.2 Å². The first-order chi connectivity index (χ1) is 13.0. The van der Waals surface area contributed by atoms with E-state index in [1.807, 2.05) is 18.2 Å². The highest BCUT2D eigenvalue weighted by molar-refractivity contribution is 6.31. The molecule has 3 N–H and O–H groups in total. The molecule has 0 saturated heterocycles. The van der Waals surface area contributed by atoms with E-state index in [4.69, 9.17) is 16.3 Å². The number of aromatic hydroxyl groups is 1.